The minimum atomic E-state index is -0.131. The maximum absolute atomic E-state index is 12.2. The van der Waals surface area contributed by atoms with E-state index in [1.807, 2.05) is 54.6 Å². The van der Waals surface area contributed by atoms with Crippen molar-refractivity contribution < 1.29 is 4.74 Å². The molecule has 2 N–H and O–H groups in total. The highest BCUT2D eigenvalue weighted by molar-refractivity contribution is 6.21. The summed E-state index contributed by atoms with van der Waals surface area (Å²) in [5.41, 5.74) is 5.35. The van der Waals surface area contributed by atoms with Crippen molar-refractivity contribution in [2.24, 2.45) is 4.99 Å². The molecule has 0 spiro atoms. The average molecular weight is 331 g/mol. The minimum absolute atomic E-state index is 0.131. The number of fused-ring (bicyclic) bond motifs is 1. The van der Waals surface area contributed by atoms with Gasteiger partial charge >= 0.3 is 0 Å². The number of aliphatic imine (C=N–C) groups is 1. The van der Waals surface area contributed by atoms with Gasteiger partial charge in [-0.3, -0.25) is 14.9 Å². The van der Waals surface area contributed by atoms with Crippen molar-refractivity contribution in [2.75, 3.05) is 7.11 Å². The molecule has 0 unspecified atom stereocenters. The summed E-state index contributed by atoms with van der Waals surface area (Å²) in [6, 6.07) is 15.7. The van der Waals surface area contributed by atoms with Crippen LogP contribution in [-0.4, -0.2) is 23.5 Å². The molecule has 0 amide bonds. The Hall–Kier alpha value is -3.34. The lowest BCUT2D eigenvalue weighted by Crippen LogP contribution is -2.03. The van der Waals surface area contributed by atoms with E-state index in [1.165, 1.54) is 0 Å². The van der Waals surface area contributed by atoms with E-state index in [4.69, 9.17) is 4.74 Å². The number of hydrogen-bond acceptors (Lipinski definition) is 3. The maximum atomic E-state index is 12.2. The zero-order chi connectivity index (χ0) is 17.2. The molecule has 3 aromatic rings. The fourth-order valence-corrected chi connectivity index (χ4v) is 2.95. The molecule has 0 saturated carbocycles. The molecule has 0 radical (unpaired) electrons. The van der Waals surface area contributed by atoms with Crippen LogP contribution in [0.3, 0.4) is 0 Å². The molecule has 5 heteroatoms. The third kappa shape index (κ3) is 2.92. The first-order chi connectivity index (χ1) is 12.2. The molecule has 0 aliphatic carbocycles. The van der Waals surface area contributed by atoms with Crippen molar-refractivity contribution in [2.45, 2.75) is 6.42 Å². The van der Waals surface area contributed by atoms with Crippen molar-refractivity contribution in [1.82, 2.24) is 10.2 Å². The average Bonchev–Trinajstić information content (AvgIpc) is 3.21. The number of nitrogens with one attached hydrogen (secondary N) is 2. The number of ether oxygens (including phenoxy) is 1. The molecule has 0 fully saturated rings. The first kappa shape index (κ1) is 15.2. The fourth-order valence-electron chi connectivity index (χ4n) is 2.95. The summed E-state index contributed by atoms with van der Waals surface area (Å²) < 4.78 is 5.18. The molecule has 2 heterocycles. The molecule has 1 aliphatic rings. The van der Waals surface area contributed by atoms with Crippen LogP contribution in [0.1, 0.15) is 22.4 Å². The van der Waals surface area contributed by atoms with Gasteiger partial charge in [0.2, 0.25) is 0 Å². The third-order valence-electron chi connectivity index (χ3n) is 4.29. The zero-order valence-electron chi connectivity index (χ0n) is 13.7. The van der Waals surface area contributed by atoms with Gasteiger partial charge in [-0.2, -0.15) is 0 Å². The SMILES string of the molecule is COc1ccc(Cc2[nH][nH]c(=O)c2/C=C2/C=Nc3ccccc32)cc1. The van der Waals surface area contributed by atoms with Gasteiger partial charge in [-0.25, -0.2) is 0 Å². The van der Waals surface area contributed by atoms with Gasteiger partial charge in [-0.15, -0.1) is 0 Å². The molecular formula is C20H17N3O2. The highest BCUT2D eigenvalue weighted by Crippen LogP contribution is 2.32. The zero-order valence-corrected chi connectivity index (χ0v) is 13.7. The lowest BCUT2D eigenvalue weighted by molar-refractivity contribution is 0.414. The molecule has 0 atom stereocenters. The Morgan fingerprint density at radius 3 is 2.68 bits per heavy atom. The van der Waals surface area contributed by atoms with Crippen LogP contribution in [0.2, 0.25) is 0 Å². The Labute approximate surface area is 144 Å². The minimum Gasteiger partial charge on any atom is -0.497 e. The maximum Gasteiger partial charge on any atom is 0.271 e. The molecule has 1 aromatic heterocycles. The summed E-state index contributed by atoms with van der Waals surface area (Å²) >= 11 is 0. The number of para-hydroxylation sites is 1. The number of aromatic amines is 2. The summed E-state index contributed by atoms with van der Waals surface area (Å²) in [5.74, 6) is 0.812. The molecule has 2 aromatic carbocycles. The summed E-state index contributed by atoms with van der Waals surface area (Å²) in [7, 11) is 1.64. The van der Waals surface area contributed by atoms with Gasteiger partial charge in [0.25, 0.3) is 5.56 Å². The Morgan fingerprint density at radius 2 is 1.88 bits per heavy atom. The quantitative estimate of drug-likeness (QED) is 0.767. The molecule has 0 bridgehead atoms. The topological polar surface area (TPSA) is 70.2 Å². The predicted molar refractivity (Wildman–Crippen MR) is 99.7 cm³/mol. The number of nitrogens with zero attached hydrogens (tertiary/aromatic N) is 1. The molecule has 5 nitrogen and oxygen atoms in total. The number of H-pyrrole nitrogens is 2. The first-order valence-corrected chi connectivity index (χ1v) is 8.02. The Morgan fingerprint density at radius 1 is 1.08 bits per heavy atom. The Balaban J connectivity index is 1.68. The monoisotopic (exact) mass is 331 g/mol. The molecular weight excluding hydrogens is 314 g/mol. The number of allylic oxidation sites excluding steroid dienone is 1. The molecule has 4 rings (SSSR count). The second-order valence-corrected chi connectivity index (χ2v) is 5.87. The number of rotatable bonds is 4. The van der Waals surface area contributed by atoms with E-state index in [2.05, 4.69) is 15.2 Å². The van der Waals surface area contributed by atoms with E-state index in [1.54, 1.807) is 13.3 Å². The predicted octanol–water partition coefficient (Wildman–Crippen LogP) is 3.56. The van der Waals surface area contributed by atoms with Crippen molar-refractivity contribution in [3.8, 4) is 5.75 Å². The van der Waals surface area contributed by atoms with Crippen LogP contribution >= 0.6 is 0 Å². The van der Waals surface area contributed by atoms with E-state index in [9.17, 15) is 4.79 Å². The third-order valence-corrected chi connectivity index (χ3v) is 4.29. The van der Waals surface area contributed by atoms with E-state index in [0.29, 0.717) is 12.0 Å². The van der Waals surface area contributed by atoms with Crippen molar-refractivity contribution in [3.63, 3.8) is 0 Å². The van der Waals surface area contributed by atoms with E-state index >= 15 is 0 Å². The van der Waals surface area contributed by atoms with Crippen LogP contribution in [0.15, 0.2) is 58.3 Å². The van der Waals surface area contributed by atoms with Crippen LogP contribution < -0.4 is 10.3 Å². The summed E-state index contributed by atoms with van der Waals surface area (Å²) in [6.07, 6.45) is 4.32. The number of aromatic nitrogens is 2. The second-order valence-electron chi connectivity index (χ2n) is 5.87. The molecule has 0 saturated heterocycles. The van der Waals surface area contributed by atoms with Gasteiger partial charge in [-0.1, -0.05) is 30.3 Å². The molecule has 124 valence electrons. The van der Waals surface area contributed by atoms with Crippen LogP contribution in [0.5, 0.6) is 5.75 Å². The van der Waals surface area contributed by atoms with Gasteiger partial charge < -0.3 is 9.84 Å². The number of benzene rings is 2. The van der Waals surface area contributed by atoms with E-state index < -0.39 is 0 Å². The van der Waals surface area contributed by atoms with Crippen LogP contribution in [0.4, 0.5) is 5.69 Å². The van der Waals surface area contributed by atoms with Gasteiger partial charge in [0, 0.05) is 29.5 Å². The second kappa shape index (κ2) is 6.28. The Kier molecular flexibility index (Phi) is 3.82. The standard InChI is InChI=1S/C20H17N3O2/c1-25-15-8-6-13(7-9-15)10-19-17(20(24)23-22-19)11-14-12-21-18-5-3-2-4-16(14)18/h2-9,11-12H,10H2,1H3,(H2,22,23,24)/b14-11-. The van der Waals surface area contributed by atoms with Gasteiger partial charge in [-0.05, 0) is 29.8 Å². The van der Waals surface area contributed by atoms with E-state index in [0.717, 1.165) is 33.8 Å². The summed E-state index contributed by atoms with van der Waals surface area (Å²) in [6.45, 7) is 0. The highest BCUT2D eigenvalue weighted by Gasteiger charge is 2.14. The van der Waals surface area contributed by atoms with E-state index in [-0.39, 0.29) is 5.56 Å². The van der Waals surface area contributed by atoms with Crippen molar-refractivity contribution in [3.05, 3.63) is 81.3 Å². The van der Waals surface area contributed by atoms with Crippen LogP contribution in [-0.2, 0) is 6.42 Å². The Bertz CT molecular complexity index is 1020. The van der Waals surface area contributed by atoms with Gasteiger partial charge in [0.15, 0.2) is 0 Å². The number of hydrogen-bond donors (Lipinski definition) is 2. The lowest BCUT2D eigenvalue weighted by Gasteiger charge is -2.04. The largest absolute Gasteiger partial charge is 0.497 e. The van der Waals surface area contributed by atoms with Gasteiger partial charge in [0.1, 0.15) is 5.75 Å². The molecule has 1 aliphatic heterocycles. The molecule has 25 heavy (non-hydrogen) atoms. The summed E-state index contributed by atoms with van der Waals surface area (Å²) in [4.78, 5) is 16.6. The van der Waals surface area contributed by atoms with Crippen LogP contribution in [0, 0.1) is 0 Å². The first-order valence-electron chi connectivity index (χ1n) is 8.02. The smallest absolute Gasteiger partial charge is 0.271 e. The van der Waals surface area contributed by atoms with Crippen LogP contribution in [0.25, 0.3) is 11.6 Å². The normalized spacial score (nSPS) is 14.0. The van der Waals surface area contributed by atoms with Crippen molar-refractivity contribution >= 4 is 23.6 Å². The number of methoxy groups -OCH3 is 1. The lowest BCUT2D eigenvalue weighted by atomic mass is 10.0. The highest BCUT2D eigenvalue weighted by atomic mass is 16.5. The summed E-state index contributed by atoms with van der Waals surface area (Å²) in [5, 5.41) is 5.67. The van der Waals surface area contributed by atoms with Crippen molar-refractivity contribution in [1.29, 1.82) is 0 Å². The fraction of sp³-hybridized carbons (Fsp3) is 0.100. The van der Waals surface area contributed by atoms with Gasteiger partial charge in [0.05, 0.1) is 18.4 Å².